The predicted molar refractivity (Wildman–Crippen MR) is 41.8 cm³/mol. The maximum Gasteiger partial charge on any atom is 0.0281 e. The van der Waals surface area contributed by atoms with Crippen LogP contribution in [0.2, 0.25) is 0 Å². The molecule has 51 valence electrons. The molecule has 0 spiro atoms. The molecule has 0 nitrogen and oxygen atoms in total. The zero-order valence-electron chi connectivity index (χ0n) is 6.62. The van der Waals surface area contributed by atoms with Crippen molar-refractivity contribution in [2.24, 2.45) is 5.41 Å². The summed E-state index contributed by atoms with van der Waals surface area (Å²) in [6.07, 6.45) is 2.23. The lowest BCUT2D eigenvalue weighted by molar-refractivity contribution is 0.416. The standard InChI is InChI=1S/C9H15/c1-5-8-9(4,6-2)7-3/h1,6-7H2,2-4H3. The van der Waals surface area contributed by atoms with Crippen molar-refractivity contribution in [2.75, 3.05) is 0 Å². The molecule has 0 aromatic heterocycles. The molecule has 9 heavy (non-hydrogen) atoms. The van der Waals surface area contributed by atoms with Crippen LogP contribution in [0.4, 0.5) is 0 Å². The predicted octanol–water partition coefficient (Wildman–Crippen LogP) is 2.65. The van der Waals surface area contributed by atoms with Crippen molar-refractivity contribution in [3.8, 4) is 11.8 Å². The quantitative estimate of drug-likeness (QED) is 0.495. The van der Waals surface area contributed by atoms with Gasteiger partial charge in [0.1, 0.15) is 0 Å². The maximum absolute atomic E-state index is 3.51. The molecule has 0 saturated heterocycles. The van der Waals surface area contributed by atoms with E-state index in [-0.39, 0.29) is 5.41 Å². The highest BCUT2D eigenvalue weighted by Crippen LogP contribution is 2.23. The van der Waals surface area contributed by atoms with Gasteiger partial charge in [-0.1, -0.05) is 19.8 Å². The zero-order valence-corrected chi connectivity index (χ0v) is 6.62. The highest BCUT2D eigenvalue weighted by molar-refractivity contribution is 5.11. The summed E-state index contributed by atoms with van der Waals surface area (Å²) in [5.74, 6) is 5.81. The van der Waals surface area contributed by atoms with Crippen LogP contribution >= 0.6 is 0 Å². The normalized spacial score (nSPS) is 10.2. The lowest BCUT2D eigenvalue weighted by atomic mass is 9.86. The van der Waals surface area contributed by atoms with Crippen molar-refractivity contribution in [1.82, 2.24) is 0 Å². The molecule has 0 aliphatic rings. The summed E-state index contributed by atoms with van der Waals surface area (Å²) >= 11 is 0. The van der Waals surface area contributed by atoms with Crippen LogP contribution in [0.15, 0.2) is 0 Å². The Labute approximate surface area is 58.7 Å². The Morgan fingerprint density at radius 2 is 1.78 bits per heavy atom. The van der Waals surface area contributed by atoms with Crippen LogP contribution in [0.25, 0.3) is 0 Å². The SMILES string of the molecule is [CH2]C#CC(C)(CC)CC. The summed E-state index contributed by atoms with van der Waals surface area (Å²) in [4.78, 5) is 0. The fourth-order valence-electron chi connectivity index (χ4n) is 0.640. The van der Waals surface area contributed by atoms with E-state index in [1.54, 1.807) is 0 Å². The third kappa shape index (κ3) is 2.56. The van der Waals surface area contributed by atoms with E-state index in [0.717, 1.165) is 12.8 Å². The van der Waals surface area contributed by atoms with Crippen LogP contribution in [0.5, 0.6) is 0 Å². The molecule has 0 unspecified atom stereocenters. The lowest BCUT2D eigenvalue weighted by Crippen LogP contribution is -2.09. The lowest BCUT2D eigenvalue weighted by Gasteiger charge is -2.18. The third-order valence-electron chi connectivity index (χ3n) is 1.95. The van der Waals surface area contributed by atoms with E-state index < -0.39 is 0 Å². The smallest absolute Gasteiger partial charge is 0.0281 e. The molecule has 0 aromatic rings. The Bertz CT molecular complexity index is 119. The number of hydrogen-bond donors (Lipinski definition) is 0. The minimum Gasteiger partial charge on any atom is -0.102 e. The van der Waals surface area contributed by atoms with Crippen molar-refractivity contribution in [1.29, 1.82) is 0 Å². The molecule has 0 N–H and O–H groups in total. The van der Waals surface area contributed by atoms with E-state index in [2.05, 4.69) is 39.5 Å². The van der Waals surface area contributed by atoms with Gasteiger partial charge in [0.25, 0.3) is 0 Å². The average molecular weight is 123 g/mol. The van der Waals surface area contributed by atoms with Gasteiger partial charge in [-0.2, -0.15) is 0 Å². The largest absolute Gasteiger partial charge is 0.102 e. The van der Waals surface area contributed by atoms with Crippen LogP contribution in [-0.4, -0.2) is 0 Å². The Kier molecular flexibility index (Phi) is 3.39. The van der Waals surface area contributed by atoms with E-state index in [9.17, 15) is 0 Å². The van der Waals surface area contributed by atoms with Gasteiger partial charge in [0, 0.05) is 12.3 Å². The second-order valence-corrected chi connectivity index (χ2v) is 2.57. The maximum atomic E-state index is 3.51. The monoisotopic (exact) mass is 123 g/mol. The van der Waals surface area contributed by atoms with Gasteiger partial charge in [0.15, 0.2) is 0 Å². The molecule has 0 amide bonds. The third-order valence-corrected chi connectivity index (χ3v) is 1.95. The van der Waals surface area contributed by atoms with Gasteiger partial charge in [0.05, 0.1) is 0 Å². The van der Waals surface area contributed by atoms with Gasteiger partial charge >= 0.3 is 0 Å². The zero-order chi connectivity index (χ0) is 7.33. The van der Waals surface area contributed by atoms with Crippen molar-refractivity contribution in [2.45, 2.75) is 33.6 Å². The molecular weight excluding hydrogens is 108 g/mol. The molecule has 0 aliphatic carbocycles. The second kappa shape index (κ2) is 3.56. The van der Waals surface area contributed by atoms with Gasteiger partial charge in [-0.3, -0.25) is 0 Å². The van der Waals surface area contributed by atoms with Gasteiger partial charge < -0.3 is 0 Å². The topological polar surface area (TPSA) is 0 Å². The highest BCUT2D eigenvalue weighted by Gasteiger charge is 2.14. The van der Waals surface area contributed by atoms with Crippen molar-refractivity contribution in [3.05, 3.63) is 6.92 Å². The molecule has 0 aliphatic heterocycles. The molecule has 0 aromatic carbocycles. The first-order valence-corrected chi connectivity index (χ1v) is 3.47. The molecular formula is C9H15. The van der Waals surface area contributed by atoms with E-state index in [1.807, 2.05) is 0 Å². The van der Waals surface area contributed by atoms with Crippen LogP contribution in [0.1, 0.15) is 33.6 Å². The van der Waals surface area contributed by atoms with Crippen LogP contribution in [-0.2, 0) is 0 Å². The van der Waals surface area contributed by atoms with E-state index in [1.165, 1.54) is 0 Å². The first-order chi connectivity index (χ1) is 4.18. The van der Waals surface area contributed by atoms with Crippen molar-refractivity contribution in [3.63, 3.8) is 0 Å². The Morgan fingerprint density at radius 3 is 1.89 bits per heavy atom. The molecule has 0 rings (SSSR count). The minimum absolute atomic E-state index is 0.210. The van der Waals surface area contributed by atoms with Crippen LogP contribution in [0, 0.1) is 24.2 Å². The van der Waals surface area contributed by atoms with E-state index in [0.29, 0.717) is 0 Å². The molecule has 0 heteroatoms. The summed E-state index contributed by atoms with van der Waals surface area (Å²) in [6.45, 7) is 10.00. The summed E-state index contributed by atoms with van der Waals surface area (Å²) in [5, 5.41) is 0. The molecule has 1 radical (unpaired) electrons. The minimum atomic E-state index is 0.210. The average Bonchev–Trinajstić information content (AvgIpc) is 1.89. The molecule has 0 saturated carbocycles. The Balaban J connectivity index is 4.03. The summed E-state index contributed by atoms with van der Waals surface area (Å²) in [5.41, 5.74) is 0.210. The summed E-state index contributed by atoms with van der Waals surface area (Å²) in [7, 11) is 0. The van der Waals surface area contributed by atoms with Crippen molar-refractivity contribution < 1.29 is 0 Å². The fraction of sp³-hybridized carbons (Fsp3) is 0.667. The summed E-state index contributed by atoms with van der Waals surface area (Å²) in [6, 6.07) is 0. The van der Waals surface area contributed by atoms with Crippen molar-refractivity contribution >= 4 is 0 Å². The second-order valence-electron chi connectivity index (χ2n) is 2.57. The Morgan fingerprint density at radius 1 is 1.33 bits per heavy atom. The molecule has 0 fully saturated rings. The fourth-order valence-corrected chi connectivity index (χ4v) is 0.640. The summed E-state index contributed by atoms with van der Waals surface area (Å²) < 4.78 is 0. The van der Waals surface area contributed by atoms with Gasteiger partial charge in [-0.05, 0) is 19.8 Å². The molecule has 0 heterocycles. The van der Waals surface area contributed by atoms with Gasteiger partial charge in [0.2, 0.25) is 0 Å². The number of hydrogen-bond acceptors (Lipinski definition) is 0. The van der Waals surface area contributed by atoms with Crippen LogP contribution < -0.4 is 0 Å². The van der Waals surface area contributed by atoms with Crippen LogP contribution in [0.3, 0.4) is 0 Å². The highest BCUT2D eigenvalue weighted by atomic mass is 14.2. The van der Waals surface area contributed by atoms with E-state index >= 15 is 0 Å². The molecule has 0 bridgehead atoms. The molecule has 0 atom stereocenters. The first-order valence-electron chi connectivity index (χ1n) is 3.47. The van der Waals surface area contributed by atoms with E-state index in [4.69, 9.17) is 0 Å². The Hall–Kier alpha value is -0.440. The first kappa shape index (κ1) is 8.56. The van der Waals surface area contributed by atoms with Gasteiger partial charge in [-0.25, -0.2) is 0 Å². The van der Waals surface area contributed by atoms with Gasteiger partial charge in [-0.15, -0.1) is 5.92 Å². The number of rotatable bonds is 2.